The van der Waals surface area contributed by atoms with Gasteiger partial charge in [0.25, 0.3) is 0 Å². The maximum atomic E-state index is 5.87. The Morgan fingerprint density at radius 2 is 2.25 bits per heavy atom. The minimum Gasteiger partial charge on any atom is -0.373 e. The first-order valence-corrected chi connectivity index (χ1v) is 5.83. The molecule has 1 N–H and O–H groups in total. The Labute approximate surface area is 96.3 Å². The molecule has 1 aromatic heterocycles. The third-order valence-corrected chi connectivity index (χ3v) is 2.68. The quantitative estimate of drug-likeness (QED) is 0.851. The molecule has 0 unspecified atom stereocenters. The molecule has 16 heavy (non-hydrogen) atoms. The van der Waals surface area contributed by atoms with E-state index in [0.29, 0.717) is 12.1 Å². The number of aromatic nitrogens is 1. The highest BCUT2D eigenvalue weighted by molar-refractivity contribution is 4.96. The number of hydrogen-bond donors (Lipinski definition) is 1. The first-order valence-electron chi connectivity index (χ1n) is 5.83. The van der Waals surface area contributed by atoms with E-state index in [0.717, 1.165) is 25.1 Å². The number of hydrogen-bond acceptors (Lipinski definition) is 4. The van der Waals surface area contributed by atoms with Gasteiger partial charge in [0.1, 0.15) is 6.26 Å². The maximum absolute atomic E-state index is 5.87. The summed E-state index contributed by atoms with van der Waals surface area (Å²) < 4.78 is 10.6. The Morgan fingerprint density at radius 3 is 2.81 bits per heavy atom. The van der Waals surface area contributed by atoms with Crippen molar-refractivity contribution in [2.75, 3.05) is 0 Å². The van der Waals surface area contributed by atoms with Gasteiger partial charge in [0, 0.05) is 18.7 Å². The molecule has 0 aromatic carbocycles. The lowest BCUT2D eigenvalue weighted by Crippen LogP contribution is -2.47. The highest BCUT2D eigenvalue weighted by atomic mass is 16.5. The van der Waals surface area contributed by atoms with Gasteiger partial charge in [-0.3, -0.25) is 0 Å². The van der Waals surface area contributed by atoms with Gasteiger partial charge in [-0.2, -0.15) is 0 Å². The van der Waals surface area contributed by atoms with E-state index < -0.39 is 0 Å². The maximum Gasteiger partial charge on any atom is 0.124 e. The van der Waals surface area contributed by atoms with Crippen LogP contribution in [0.5, 0.6) is 0 Å². The molecule has 0 spiro atoms. The Morgan fingerprint density at radius 1 is 1.50 bits per heavy atom. The number of nitrogens with one attached hydrogen (secondary N) is 1. The van der Waals surface area contributed by atoms with Crippen molar-refractivity contribution in [3.05, 3.63) is 18.0 Å². The lowest BCUT2D eigenvalue weighted by atomic mass is 9.88. The molecule has 1 aliphatic carbocycles. The molecule has 2 rings (SSSR count). The van der Waals surface area contributed by atoms with Gasteiger partial charge in [-0.05, 0) is 33.6 Å². The van der Waals surface area contributed by atoms with Gasteiger partial charge in [0.2, 0.25) is 0 Å². The monoisotopic (exact) mass is 224 g/mol. The first-order chi connectivity index (χ1) is 7.53. The van der Waals surface area contributed by atoms with E-state index in [1.807, 2.05) is 6.07 Å². The van der Waals surface area contributed by atoms with Crippen molar-refractivity contribution in [1.82, 2.24) is 10.5 Å². The Bertz CT molecular complexity index is 310. The molecule has 0 atom stereocenters. The van der Waals surface area contributed by atoms with Gasteiger partial charge in [-0.25, -0.2) is 0 Å². The molecule has 90 valence electrons. The van der Waals surface area contributed by atoms with Crippen LogP contribution in [0.15, 0.2) is 16.9 Å². The topological polar surface area (TPSA) is 47.3 Å². The van der Waals surface area contributed by atoms with E-state index in [-0.39, 0.29) is 5.60 Å². The van der Waals surface area contributed by atoms with E-state index in [9.17, 15) is 0 Å². The summed E-state index contributed by atoms with van der Waals surface area (Å²) in [4.78, 5) is 0. The minimum atomic E-state index is -0.0260. The summed E-state index contributed by atoms with van der Waals surface area (Å²) in [6, 6.07) is 2.44. The highest BCUT2D eigenvalue weighted by Crippen LogP contribution is 2.27. The summed E-state index contributed by atoms with van der Waals surface area (Å²) in [5.74, 6) is 0. The number of rotatable bonds is 4. The van der Waals surface area contributed by atoms with Crippen molar-refractivity contribution in [2.45, 2.75) is 57.9 Å². The standard InChI is InChI=1S/C12H20N2O2/c1-12(2,3)16-11-6-10(7-11)13-8-9-4-5-15-14-9/h4-5,10-11,13H,6-8H2,1-3H3. The zero-order valence-electron chi connectivity index (χ0n) is 10.2. The molecule has 1 fully saturated rings. The minimum absolute atomic E-state index is 0.0260. The van der Waals surface area contributed by atoms with Crippen molar-refractivity contribution in [1.29, 1.82) is 0 Å². The zero-order valence-corrected chi connectivity index (χ0v) is 10.2. The van der Waals surface area contributed by atoms with Crippen molar-refractivity contribution in [3.8, 4) is 0 Å². The first kappa shape index (κ1) is 11.6. The van der Waals surface area contributed by atoms with Gasteiger partial charge in [0.05, 0.1) is 17.4 Å². The van der Waals surface area contributed by atoms with Crippen LogP contribution >= 0.6 is 0 Å². The fourth-order valence-corrected chi connectivity index (χ4v) is 1.91. The third-order valence-electron chi connectivity index (χ3n) is 2.68. The predicted octanol–water partition coefficient (Wildman–Crippen LogP) is 2.11. The van der Waals surface area contributed by atoms with E-state index in [1.165, 1.54) is 0 Å². The van der Waals surface area contributed by atoms with Crippen LogP contribution in [0.25, 0.3) is 0 Å². The fourth-order valence-electron chi connectivity index (χ4n) is 1.91. The molecule has 0 aliphatic heterocycles. The molecule has 1 heterocycles. The van der Waals surface area contributed by atoms with Crippen molar-refractivity contribution in [2.24, 2.45) is 0 Å². The zero-order chi connectivity index (χ0) is 11.6. The number of ether oxygens (including phenoxy) is 1. The van der Waals surface area contributed by atoms with Crippen LogP contribution < -0.4 is 5.32 Å². The summed E-state index contributed by atoms with van der Waals surface area (Å²) in [7, 11) is 0. The second-order valence-electron chi connectivity index (χ2n) is 5.39. The molecule has 0 radical (unpaired) electrons. The Balaban J connectivity index is 1.62. The lowest BCUT2D eigenvalue weighted by molar-refractivity contribution is -0.102. The Kier molecular flexibility index (Phi) is 3.30. The number of nitrogens with zero attached hydrogens (tertiary/aromatic N) is 1. The van der Waals surface area contributed by atoms with Crippen LogP contribution in [-0.4, -0.2) is 22.9 Å². The fraction of sp³-hybridized carbons (Fsp3) is 0.750. The van der Waals surface area contributed by atoms with Crippen molar-refractivity contribution >= 4 is 0 Å². The van der Waals surface area contributed by atoms with Crippen LogP contribution in [0.3, 0.4) is 0 Å². The van der Waals surface area contributed by atoms with E-state index >= 15 is 0 Å². The molecule has 0 amide bonds. The van der Waals surface area contributed by atoms with Gasteiger partial charge >= 0.3 is 0 Å². The van der Waals surface area contributed by atoms with Gasteiger partial charge in [-0.1, -0.05) is 5.16 Å². The average molecular weight is 224 g/mol. The van der Waals surface area contributed by atoms with E-state index in [2.05, 4.69) is 31.2 Å². The van der Waals surface area contributed by atoms with Crippen molar-refractivity contribution in [3.63, 3.8) is 0 Å². The van der Waals surface area contributed by atoms with Gasteiger partial charge in [-0.15, -0.1) is 0 Å². The van der Waals surface area contributed by atoms with Gasteiger partial charge in [0.15, 0.2) is 0 Å². The molecule has 0 saturated heterocycles. The summed E-state index contributed by atoms with van der Waals surface area (Å²) in [6.45, 7) is 7.08. The SMILES string of the molecule is CC(C)(C)OC1CC(NCc2ccon2)C1. The summed E-state index contributed by atoms with van der Waals surface area (Å²) >= 11 is 0. The molecule has 1 saturated carbocycles. The summed E-state index contributed by atoms with van der Waals surface area (Å²) in [6.07, 6.45) is 4.20. The summed E-state index contributed by atoms with van der Waals surface area (Å²) in [5.41, 5.74) is 0.932. The normalized spacial score (nSPS) is 25.4. The molecule has 4 heteroatoms. The lowest BCUT2D eigenvalue weighted by Gasteiger charge is -2.39. The molecular weight excluding hydrogens is 204 g/mol. The molecule has 0 bridgehead atoms. The summed E-state index contributed by atoms with van der Waals surface area (Å²) in [5, 5.41) is 7.29. The smallest absolute Gasteiger partial charge is 0.124 e. The second kappa shape index (κ2) is 4.55. The van der Waals surface area contributed by atoms with Crippen LogP contribution in [-0.2, 0) is 11.3 Å². The van der Waals surface area contributed by atoms with Crippen molar-refractivity contribution < 1.29 is 9.26 Å². The molecular formula is C12H20N2O2. The largest absolute Gasteiger partial charge is 0.373 e. The Hall–Kier alpha value is -0.870. The molecule has 4 nitrogen and oxygen atoms in total. The van der Waals surface area contributed by atoms with E-state index in [1.54, 1.807) is 6.26 Å². The average Bonchev–Trinajstić information content (AvgIpc) is 2.59. The van der Waals surface area contributed by atoms with E-state index in [4.69, 9.17) is 9.26 Å². The van der Waals surface area contributed by atoms with Crippen LogP contribution in [0.2, 0.25) is 0 Å². The van der Waals surface area contributed by atoms with Crippen LogP contribution in [0, 0.1) is 0 Å². The molecule has 1 aromatic rings. The second-order valence-corrected chi connectivity index (χ2v) is 5.39. The van der Waals surface area contributed by atoms with Crippen LogP contribution in [0.4, 0.5) is 0 Å². The third kappa shape index (κ3) is 3.32. The van der Waals surface area contributed by atoms with Gasteiger partial charge < -0.3 is 14.6 Å². The van der Waals surface area contributed by atoms with Crippen LogP contribution in [0.1, 0.15) is 39.3 Å². The predicted molar refractivity (Wildman–Crippen MR) is 61.0 cm³/mol. The molecule has 1 aliphatic rings. The highest BCUT2D eigenvalue weighted by Gasteiger charge is 2.32.